The molecule has 3 aromatic rings. The monoisotopic (exact) mass is 445 g/mol. The van der Waals surface area contributed by atoms with Gasteiger partial charge in [0.2, 0.25) is 0 Å². The fourth-order valence-corrected chi connectivity index (χ4v) is 2.78. The zero-order valence-electron chi connectivity index (χ0n) is 18.4. The van der Waals surface area contributed by atoms with Crippen LogP contribution in [0.4, 0.5) is 5.69 Å². The van der Waals surface area contributed by atoms with Crippen molar-refractivity contribution in [2.24, 2.45) is 5.10 Å². The Labute approximate surface area is 191 Å². The van der Waals surface area contributed by atoms with Crippen LogP contribution in [0.3, 0.4) is 0 Å². The van der Waals surface area contributed by atoms with Gasteiger partial charge in [0.25, 0.3) is 0 Å². The second-order valence-corrected chi connectivity index (χ2v) is 7.16. The van der Waals surface area contributed by atoms with Crippen molar-refractivity contribution >= 4 is 29.7 Å². The van der Waals surface area contributed by atoms with Gasteiger partial charge in [0.05, 0.1) is 18.9 Å². The van der Waals surface area contributed by atoms with Crippen molar-refractivity contribution in [1.82, 2.24) is 5.43 Å². The molecule has 2 amide bonds. The normalized spacial score (nSPS) is 10.5. The van der Waals surface area contributed by atoms with Crippen molar-refractivity contribution in [3.63, 3.8) is 0 Å². The number of anilines is 1. The van der Waals surface area contributed by atoms with E-state index in [1.807, 2.05) is 26.0 Å². The molecule has 8 heteroatoms. The Morgan fingerprint density at radius 2 is 1.52 bits per heavy atom. The largest absolute Gasteiger partial charge is 0.497 e. The van der Waals surface area contributed by atoms with Crippen LogP contribution in [0, 0.1) is 13.8 Å². The van der Waals surface area contributed by atoms with Crippen molar-refractivity contribution in [2.45, 2.75) is 13.8 Å². The molecule has 0 aliphatic heterocycles. The fourth-order valence-electron chi connectivity index (χ4n) is 2.78. The van der Waals surface area contributed by atoms with E-state index in [0.717, 1.165) is 11.1 Å². The standard InChI is InChI=1S/C25H23N3O5/c1-16-4-5-17(2)22(14-16)27-23(29)24(30)28-26-15-18-6-10-21(11-7-18)33-25(31)19-8-12-20(32-3)13-9-19/h4-15H,1-3H3,(H,27,29)(H,28,30)/b26-15+. The molecule has 3 rings (SSSR count). The number of carbonyl (C=O) groups is 3. The second-order valence-electron chi connectivity index (χ2n) is 7.16. The lowest BCUT2D eigenvalue weighted by molar-refractivity contribution is -0.136. The van der Waals surface area contributed by atoms with Gasteiger partial charge in [-0.15, -0.1) is 0 Å². The van der Waals surface area contributed by atoms with Crippen molar-refractivity contribution < 1.29 is 23.9 Å². The molecule has 0 radical (unpaired) electrons. The van der Waals surface area contributed by atoms with Gasteiger partial charge in [-0.2, -0.15) is 5.10 Å². The van der Waals surface area contributed by atoms with Crippen LogP contribution in [0.5, 0.6) is 11.5 Å². The molecule has 0 spiro atoms. The third-order valence-corrected chi connectivity index (χ3v) is 4.64. The van der Waals surface area contributed by atoms with Gasteiger partial charge in [-0.3, -0.25) is 9.59 Å². The Hall–Kier alpha value is -4.46. The third-order valence-electron chi connectivity index (χ3n) is 4.64. The zero-order chi connectivity index (χ0) is 23.8. The number of aryl methyl sites for hydroxylation is 2. The number of rotatable bonds is 6. The first-order chi connectivity index (χ1) is 15.9. The average molecular weight is 445 g/mol. The molecule has 0 saturated heterocycles. The number of benzene rings is 3. The number of ether oxygens (including phenoxy) is 2. The van der Waals surface area contributed by atoms with Gasteiger partial charge < -0.3 is 14.8 Å². The molecule has 0 bridgehead atoms. The molecule has 168 valence electrons. The number of amides is 2. The minimum atomic E-state index is -0.891. The van der Waals surface area contributed by atoms with Crippen LogP contribution in [-0.2, 0) is 9.59 Å². The van der Waals surface area contributed by atoms with Crippen molar-refractivity contribution in [2.75, 3.05) is 12.4 Å². The predicted molar refractivity (Wildman–Crippen MR) is 125 cm³/mol. The summed E-state index contributed by atoms with van der Waals surface area (Å²) in [7, 11) is 1.55. The van der Waals surface area contributed by atoms with Crippen LogP contribution in [0.25, 0.3) is 0 Å². The zero-order valence-corrected chi connectivity index (χ0v) is 18.4. The van der Waals surface area contributed by atoms with Gasteiger partial charge in [-0.1, -0.05) is 12.1 Å². The summed E-state index contributed by atoms with van der Waals surface area (Å²) in [5.74, 6) is -1.21. The molecule has 0 heterocycles. The molecule has 0 fully saturated rings. The first kappa shape index (κ1) is 23.2. The number of carbonyl (C=O) groups excluding carboxylic acids is 3. The molecule has 2 N–H and O–H groups in total. The van der Waals surface area contributed by atoms with Crippen LogP contribution in [0.2, 0.25) is 0 Å². The van der Waals surface area contributed by atoms with E-state index in [1.165, 1.54) is 6.21 Å². The van der Waals surface area contributed by atoms with Gasteiger partial charge in [0, 0.05) is 5.69 Å². The highest BCUT2D eigenvalue weighted by Gasteiger charge is 2.14. The Morgan fingerprint density at radius 1 is 0.848 bits per heavy atom. The molecule has 8 nitrogen and oxygen atoms in total. The SMILES string of the molecule is COc1ccc(C(=O)Oc2ccc(/C=N/NC(=O)C(=O)Nc3cc(C)ccc3C)cc2)cc1. The van der Waals surface area contributed by atoms with Crippen LogP contribution >= 0.6 is 0 Å². The highest BCUT2D eigenvalue weighted by molar-refractivity contribution is 6.39. The first-order valence-corrected chi connectivity index (χ1v) is 10.0. The van der Waals surface area contributed by atoms with Gasteiger partial charge in [-0.25, -0.2) is 10.2 Å². The third kappa shape index (κ3) is 6.51. The van der Waals surface area contributed by atoms with Crippen LogP contribution in [-0.4, -0.2) is 31.1 Å². The Bertz CT molecular complexity index is 1190. The van der Waals surface area contributed by atoms with Crippen LogP contribution in [0.15, 0.2) is 71.8 Å². The van der Waals surface area contributed by atoms with Crippen molar-refractivity contribution in [3.8, 4) is 11.5 Å². The molecule has 3 aromatic carbocycles. The molecule has 0 aliphatic rings. The lowest BCUT2D eigenvalue weighted by atomic mass is 10.1. The maximum atomic E-state index is 12.2. The van der Waals surface area contributed by atoms with E-state index >= 15 is 0 Å². The summed E-state index contributed by atoms with van der Waals surface area (Å²) in [4.78, 5) is 36.3. The lowest BCUT2D eigenvalue weighted by Gasteiger charge is -2.08. The van der Waals surface area contributed by atoms with E-state index in [2.05, 4.69) is 15.8 Å². The summed E-state index contributed by atoms with van der Waals surface area (Å²) < 4.78 is 10.4. The van der Waals surface area contributed by atoms with E-state index in [0.29, 0.717) is 28.3 Å². The molecule has 33 heavy (non-hydrogen) atoms. The smallest absolute Gasteiger partial charge is 0.343 e. The van der Waals surface area contributed by atoms with E-state index < -0.39 is 17.8 Å². The lowest BCUT2D eigenvalue weighted by Crippen LogP contribution is -2.32. The Kier molecular flexibility index (Phi) is 7.54. The van der Waals surface area contributed by atoms with E-state index in [9.17, 15) is 14.4 Å². The molecule has 0 atom stereocenters. The van der Waals surface area contributed by atoms with Gasteiger partial charge in [0.1, 0.15) is 11.5 Å². The van der Waals surface area contributed by atoms with Gasteiger partial charge in [-0.05, 0) is 85.1 Å². The summed E-state index contributed by atoms with van der Waals surface area (Å²) in [6.07, 6.45) is 1.37. The molecule has 0 unspecified atom stereocenters. The number of nitrogens with zero attached hydrogens (tertiary/aromatic N) is 1. The average Bonchev–Trinajstić information content (AvgIpc) is 2.82. The molecular formula is C25H23N3O5. The molecule has 0 aromatic heterocycles. The number of nitrogens with one attached hydrogen (secondary N) is 2. The molecule has 0 saturated carbocycles. The number of esters is 1. The van der Waals surface area contributed by atoms with E-state index in [1.54, 1.807) is 61.7 Å². The number of hydrazone groups is 1. The number of hydrogen-bond acceptors (Lipinski definition) is 6. The second kappa shape index (κ2) is 10.7. The molecular weight excluding hydrogens is 422 g/mol. The summed E-state index contributed by atoms with van der Waals surface area (Å²) >= 11 is 0. The Balaban J connectivity index is 1.52. The van der Waals surface area contributed by atoms with Crippen LogP contribution in [0.1, 0.15) is 27.0 Å². The highest BCUT2D eigenvalue weighted by atomic mass is 16.5. The minimum Gasteiger partial charge on any atom is -0.497 e. The quantitative estimate of drug-likeness (QED) is 0.198. The maximum Gasteiger partial charge on any atom is 0.343 e. The summed E-state index contributed by atoms with van der Waals surface area (Å²) in [6.45, 7) is 3.73. The highest BCUT2D eigenvalue weighted by Crippen LogP contribution is 2.17. The van der Waals surface area contributed by atoms with Crippen molar-refractivity contribution in [1.29, 1.82) is 0 Å². The summed E-state index contributed by atoms with van der Waals surface area (Å²) in [5, 5.41) is 6.36. The van der Waals surface area contributed by atoms with Crippen LogP contribution < -0.4 is 20.2 Å². The fraction of sp³-hybridized carbons (Fsp3) is 0.120. The summed E-state index contributed by atoms with van der Waals surface area (Å²) in [6, 6.07) is 18.6. The predicted octanol–water partition coefficient (Wildman–Crippen LogP) is 3.62. The summed E-state index contributed by atoms with van der Waals surface area (Å²) in [5.41, 5.74) is 5.59. The van der Waals surface area contributed by atoms with E-state index in [-0.39, 0.29) is 0 Å². The first-order valence-electron chi connectivity index (χ1n) is 10.0. The molecule has 0 aliphatic carbocycles. The number of methoxy groups -OCH3 is 1. The van der Waals surface area contributed by atoms with Crippen molar-refractivity contribution in [3.05, 3.63) is 89.0 Å². The number of hydrogen-bond donors (Lipinski definition) is 2. The van der Waals surface area contributed by atoms with E-state index in [4.69, 9.17) is 9.47 Å². The minimum absolute atomic E-state index is 0.352. The maximum absolute atomic E-state index is 12.2. The van der Waals surface area contributed by atoms with Gasteiger partial charge >= 0.3 is 17.8 Å². The van der Waals surface area contributed by atoms with Gasteiger partial charge in [0.15, 0.2) is 0 Å². The topological polar surface area (TPSA) is 106 Å². The Morgan fingerprint density at radius 3 is 2.18 bits per heavy atom.